The number of para-hydroxylation sites is 1. The summed E-state index contributed by atoms with van der Waals surface area (Å²) in [5.74, 6) is 1.02. The second-order valence-electron chi connectivity index (χ2n) is 10.7. The molecule has 0 unspecified atom stereocenters. The van der Waals surface area contributed by atoms with Crippen LogP contribution in [0.5, 0.6) is 0 Å². The maximum atomic E-state index is 13.7. The van der Waals surface area contributed by atoms with Crippen molar-refractivity contribution in [3.05, 3.63) is 88.9 Å². The lowest BCUT2D eigenvalue weighted by Gasteiger charge is -2.17. The van der Waals surface area contributed by atoms with Gasteiger partial charge in [0.05, 0.1) is 23.4 Å². The molecule has 5 aromatic rings. The quantitative estimate of drug-likeness (QED) is 0.228. The Balaban J connectivity index is 1.32. The zero-order valence-corrected chi connectivity index (χ0v) is 25.0. The Morgan fingerprint density at radius 1 is 1.12 bits per heavy atom. The average molecular weight is 575 g/mol. The molecule has 218 valence electrons. The molecule has 0 aliphatic carbocycles. The molecule has 10 nitrogen and oxygen atoms in total. The largest absolute Gasteiger partial charge is 0.359 e. The van der Waals surface area contributed by atoms with E-state index in [0.717, 1.165) is 50.2 Å². The van der Waals surface area contributed by atoms with Crippen LogP contribution < -0.4 is 10.2 Å². The number of H-pyrrole nitrogens is 1. The van der Waals surface area contributed by atoms with Gasteiger partial charge in [-0.3, -0.25) is 14.3 Å². The molecule has 0 fully saturated rings. The van der Waals surface area contributed by atoms with Gasteiger partial charge in [0.15, 0.2) is 5.82 Å². The Morgan fingerprint density at radius 3 is 2.65 bits per heavy atom. The summed E-state index contributed by atoms with van der Waals surface area (Å²) in [6.45, 7) is 9.60. The number of nitrogens with one attached hydrogen (secondary N) is 2. The molecule has 0 radical (unpaired) electrons. The molecule has 0 bridgehead atoms. The molecule has 0 atom stereocenters. The molecule has 6 rings (SSSR count). The van der Waals surface area contributed by atoms with E-state index in [4.69, 9.17) is 4.98 Å². The van der Waals surface area contributed by atoms with Crippen molar-refractivity contribution < 1.29 is 9.59 Å². The molecule has 4 heterocycles. The molecule has 2 N–H and O–H groups in total. The number of aryl methyl sites for hydroxylation is 3. The number of fused-ring (bicyclic) bond motifs is 2. The highest BCUT2D eigenvalue weighted by atomic mass is 16.2. The van der Waals surface area contributed by atoms with Crippen molar-refractivity contribution in [1.82, 2.24) is 29.6 Å². The Morgan fingerprint density at radius 2 is 1.91 bits per heavy atom. The molecule has 2 aromatic carbocycles. The van der Waals surface area contributed by atoms with E-state index in [9.17, 15) is 9.59 Å². The topological polar surface area (TPSA) is 112 Å². The molecular weight excluding hydrogens is 540 g/mol. The number of aromatic amines is 1. The molecule has 2 amide bonds. The Labute approximate surface area is 250 Å². The van der Waals surface area contributed by atoms with Crippen LogP contribution in [0, 0.1) is 13.8 Å². The van der Waals surface area contributed by atoms with E-state index in [1.165, 1.54) is 0 Å². The third-order valence-electron chi connectivity index (χ3n) is 8.05. The molecule has 1 aliphatic rings. The van der Waals surface area contributed by atoms with Crippen LogP contribution in [-0.4, -0.2) is 54.5 Å². The number of nitrogens with zero attached hydrogens (tertiary/aromatic N) is 6. The molecule has 10 heteroatoms. The summed E-state index contributed by atoms with van der Waals surface area (Å²) in [7, 11) is 1.89. The standard InChI is InChI=1S/C33H34N8O2/c1-6-40(7-2)29(42)15-14-22-10-8-12-24-26(22)19-41(32(24)43)27-13-9-11-23-25(18-34-31(23)27)30-20(3)17-35-33(37-30)36-28-16-21(4)39(5)38-28/h8-18,34H,6-7,19H2,1-5H3,(H,35,36,37,38)/b15-14+. The van der Waals surface area contributed by atoms with E-state index < -0.39 is 0 Å². The lowest BCUT2D eigenvalue weighted by atomic mass is 10.0. The maximum absolute atomic E-state index is 13.7. The van der Waals surface area contributed by atoms with E-state index in [1.807, 2.05) is 89.5 Å². The average Bonchev–Trinajstić information content (AvgIpc) is 3.68. The number of amides is 2. The summed E-state index contributed by atoms with van der Waals surface area (Å²) in [5, 5.41) is 8.61. The van der Waals surface area contributed by atoms with Gasteiger partial charge in [-0.15, -0.1) is 0 Å². The van der Waals surface area contributed by atoms with Crippen molar-refractivity contribution in [1.29, 1.82) is 0 Å². The Kier molecular flexibility index (Phi) is 7.27. The van der Waals surface area contributed by atoms with Gasteiger partial charge in [-0.05, 0) is 62.6 Å². The summed E-state index contributed by atoms with van der Waals surface area (Å²) >= 11 is 0. The third kappa shape index (κ3) is 5.05. The Hall–Kier alpha value is -5.25. The molecule has 0 saturated carbocycles. The van der Waals surface area contributed by atoms with Crippen LogP contribution in [-0.2, 0) is 18.4 Å². The van der Waals surface area contributed by atoms with Crippen molar-refractivity contribution >= 4 is 46.2 Å². The SMILES string of the molecule is CCN(CC)C(=O)/C=C/c1cccc2c1CN(c1cccc3c(-c4nc(Nc5cc(C)n(C)n5)ncc4C)c[nH]c13)C2=O. The number of anilines is 3. The number of carbonyl (C=O) groups excluding carboxylic acids is 2. The van der Waals surface area contributed by atoms with Gasteiger partial charge in [-0.1, -0.05) is 24.3 Å². The second-order valence-corrected chi connectivity index (χ2v) is 10.7. The van der Waals surface area contributed by atoms with Crippen LogP contribution in [0.4, 0.5) is 17.5 Å². The fourth-order valence-electron chi connectivity index (χ4n) is 5.58. The number of hydrogen-bond acceptors (Lipinski definition) is 6. The lowest BCUT2D eigenvalue weighted by Crippen LogP contribution is -2.28. The third-order valence-corrected chi connectivity index (χ3v) is 8.05. The highest BCUT2D eigenvalue weighted by Crippen LogP contribution is 2.38. The zero-order chi connectivity index (χ0) is 30.2. The summed E-state index contributed by atoms with van der Waals surface area (Å²) < 4.78 is 1.79. The number of carbonyl (C=O) groups is 2. The van der Waals surface area contributed by atoms with Crippen LogP contribution in [0.15, 0.2) is 60.9 Å². The van der Waals surface area contributed by atoms with E-state index in [2.05, 4.69) is 20.4 Å². The molecular formula is C33H34N8O2. The first-order valence-corrected chi connectivity index (χ1v) is 14.4. The van der Waals surface area contributed by atoms with Crippen LogP contribution >= 0.6 is 0 Å². The van der Waals surface area contributed by atoms with Crippen LogP contribution in [0.2, 0.25) is 0 Å². The smallest absolute Gasteiger partial charge is 0.259 e. The summed E-state index contributed by atoms with van der Waals surface area (Å²) in [5.41, 5.74) is 7.71. The van der Waals surface area contributed by atoms with Gasteiger partial charge in [0, 0.05) is 66.9 Å². The second kappa shape index (κ2) is 11.2. The van der Waals surface area contributed by atoms with Crippen molar-refractivity contribution in [3.8, 4) is 11.3 Å². The molecule has 0 saturated heterocycles. The predicted molar refractivity (Wildman–Crippen MR) is 169 cm³/mol. The molecule has 0 spiro atoms. The van der Waals surface area contributed by atoms with Crippen LogP contribution in [0.1, 0.15) is 46.6 Å². The number of rotatable bonds is 8. The Bertz CT molecular complexity index is 1880. The summed E-state index contributed by atoms with van der Waals surface area (Å²) in [6, 6.07) is 13.5. The van der Waals surface area contributed by atoms with Gasteiger partial charge >= 0.3 is 0 Å². The summed E-state index contributed by atoms with van der Waals surface area (Å²) in [4.78, 5) is 42.5. The van der Waals surface area contributed by atoms with Gasteiger partial charge in [-0.25, -0.2) is 9.97 Å². The van der Waals surface area contributed by atoms with Crippen molar-refractivity contribution in [3.63, 3.8) is 0 Å². The van der Waals surface area contributed by atoms with Crippen LogP contribution in [0.3, 0.4) is 0 Å². The minimum absolute atomic E-state index is 0.0408. The van der Waals surface area contributed by atoms with Gasteiger partial charge in [0.2, 0.25) is 11.9 Å². The highest BCUT2D eigenvalue weighted by molar-refractivity contribution is 6.15. The fourth-order valence-corrected chi connectivity index (χ4v) is 5.58. The number of benzene rings is 2. The molecule has 1 aliphatic heterocycles. The van der Waals surface area contributed by atoms with Gasteiger partial charge in [0.25, 0.3) is 5.91 Å². The number of hydrogen-bond donors (Lipinski definition) is 2. The van der Waals surface area contributed by atoms with Crippen molar-refractivity contribution in [2.24, 2.45) is 7.05 Å². The monoisotopic (exact) mass is 574 g/mol. The van der Waals surface area contributed by atoms with Gasteiger partial charge in [0.1, 0.15) is 0 Å². The fraction of sp³-hybridized carbons (Fsp3) is 0.242. The molecule has 43 heavy (non-hydrogen) atoms. The van der Waals surface area contributed by atoms with Crippen molar-refractivity contribution in [2.45, 2.75) is 34.2 Å². The first-order valence-electron chi connectivity index (χ1n) is 14.4. The maximum Gasteiger partial charge on any atom is 0.259 e. The first kappa shape index (κ1) is 27.9. The van der Waals surface area contributed by atoms with Crippen LogP contribution in [0.25, 0.3) is 28.2 Å². The van der Waals surface area contributed by atoms with E-state index in [0.29, 0.717) is 37.0 Å². The highest BCUT2D eigenvalue weighted by Gasteiger charge is 2.31. The number of likely N-dealkylation sites (N-methyl/N-ethyl adjacent to an activating group) is 1. The lowest BCUT2D eigenvalue weighted by molar-refractivity contribution is -0.125. The minimum Gasteiger partial charge on any atom is -0.359 e. The summed E-state index contributed by atoms with van der Waals surface area (Å²) in [6.07, 6.45) is 7.14. The number of aromatic nitrogens is 5. The zero-order valence-electron chi connectivity index (χ0n) is 25.0. The first-order chi connectivity index (χ1) is 20.8. The van der Waals surface area contributed by atoms with E-state index >= 15 is 0 Å². The van der Waals surface area contributed by atoms with Gasteiger partial charge in [-0.2, -0.15) is 5.10 Å². The van der Waals surface area contributed by atoms with E-state index in [-0.39, 0.29) is 11.8 Å². The van der Waals surface area contributed by atoms with E-state index in [1.54, 1.807) is 26.8 Å². The van der Waals surface area contributed by atoms with Gasteiger partial charge < -0.3 is 20.1 Å². The molecule has 3 aromatic heterocycles. The normalized spacial score (nSPS) is 12.9. The minimum atomic E-state index is -0.0701. The predicted octanol–water partition coefficient (Wildman–Crippen LogP) is 5.76. The van der Waals surface area contributed by atoms with Crippen molar-refractivity contribution in [2.75, 3.05) is 23.3 Å².